The van der Waals surface area contributed by atoms with E-state index in [2.05, 4.69) is 10.3 Å². The summed E-state index contributed by atoms with van der Waals surface area (Å²) < 4.78 is 10.3. The number of nitrogens with one attached hydrogen (secondary N) is 1. The van der Waals surface area contributed by atoms with Crippen molar-refractivity contribution >= 4 is 5.97 Å². The maximum absolute atomic E-state index is 10.9. The highest BCUT2D eigenvalue weighted by Crippen LogP contribution is 2.17. The van der Waals surface area contributed by atoms with Crippen molar-refractivity contribution in [3.8, 4) is 0 Å². The molecule has 1 heterocycles. The Bertz CT molecular complexity index is 195. The summed E-state index contributed by atoms with van der Waals surface area (Å²) in [4.78, 5) is 15.5. The SMILES string of the molecule is COCOC(C(C)C)C1CC(=O)ON1. The molecule has 1 saturated heterocycles. The van der Waals surface area contributed by atoms with Crippen molar-refractivity contribution in [3.63, 3.8) is 0 Å². The van der Waals surface area contributed by atoms with Gasteiger partial charge in [-0.2, -0.15) is 0 Å². The van der Waals surface area contributed by atoms with Gasteiger partial charge in [0.1, 0.15) is 6.79 Å². The highest BCUT2D eigenvalue weighted by atomic mass is 16.7. The molecule has 0 spiro atoms. The Hall–Kier alpha value is -0.650. The van der Waals surface area contributed by atoms with E-state index in [-0.39, 0.29) is 24.9 Å². The van der Waals surface area contributed by atoms with Gasteiger partial charge in [-0.25, -0.2) is 0 Å². The smallest absolute Gasteiger partial charge is 0.326 e. The normalized spacial score (nSPS) is 24.0. The van der Waals surface area contributed by atoms with Crippen LogP contribution in [0.25, 0.3) is 0 Å². The van der Waals surface area contributed by atoms with Gasteiger partial charge in [0, 0.05) is 7.11 Å². The number of methoxy groups -OCH3 is 1. The molecule has 0 aromatic heterocycles. The van der Waals surface area contributed by atoms with Crippen LogP contribution >= 0.6 is 0 Å². The van der Waals surface area contributed by atoms with E-state index < -0.39 is 0 Å². The van der Waals surface area contributed by atoms with Gasteiger partial charge in [0.15, 0.2) is 0 Å². The topological polar surface area (TPSA) is 56.8 Å². The maximum Gasteiger partial charge on any atom is 0.326 e. The fourth-order valence-corrected chi connectivity index (χ4v) is 1.51. The summed E-state index contributed by atoms with van der Waals surface area (Å²) in [6, 6.07) is -0.0716. The van der Waals surface area contributed by atoms with E-state index >= 15 is 0 Å². The van der Waals surface area contributed by atoms with Crippen LogP contribution < -0.4 is 5.48 Å². The molecule has 1 fully saturated rings. The average molecular weight is 203 g/mol. The minimum atomic E-state index is -0.235. The molecule has 5 nitrogen and oxygen atoms in total. The third-order valence-corrected chi connectivity index (χ3v) is 2.14. The lowest BCUT2D eigenvalue weighted by atomic mass is 9.98. The Morgan fingerprint density at radius 2 is 2.36 bits per heavy atom. The zero-order valence-corrected chi connectivity index (χ0v) is 8.78. The number of hydrogen-bond acceptors (Lipinski definition) is 5. The molecule has 1 aliphatic rings. The lowest BCUT2D eigenvalue weighted by molar-refractivity contribution is -0.143. The number of rotatable bonds is 5. The fourth-order valence-electron chi connectivity index (χ4n) is 1.51. The molecular formula is C9H17NO4. The monoisotopic (exact) mass is 203 g/mol. The third-order valence-electron chi connectivity index (χ3n) is 2.14. The van der Waals surface area contributed by atoms with Crippen LogP contribution in [-0.4, -0.2) is 32.0 Å². The molecule has 0 saturated carbocycles. The number of carbonyl (C=O) groups excluding carboxylic acids is 1. The van der Waals surface area contributed by atoms with Crippen LogP contribution in [0.15, 0.2) is 0 Å². The van der Waals surface area contributed by atoms with Crippen LogP contribution in [0.3, 0.4) is 0 Å². The molecule has 0 aromatic carbocycles. The first-order valence-electron chi connectivity index (χ1n) is 4.71. The van der Waals surface area contributed by atoms with Crippen molar-refractivity contribution in [2.75, 3.05) is 13.9 Å². The summed E-state index contributed by atoms with van der Waals surface area (Å²) in [5.74, 6) is 0.0683. The molecule has 1 aliphatic heterocycles. The van der Waals surface area contributed by atoms with Gasteiger partial charge in [-0.3, -0.25) is 4.79 Å². The van der Waals surface area contributed by atoms with Gasteiger partial charge in [0.2, 0.25) is 0 Å². The largest absolute Gasteiger partial charge is 0.370 e. The molecule has 0 radical (unpaired) electrons. The highest BCUT2D eigenvalue weighted by molar-refractivity contribution is 5.71. The standard InChI is InChI=1S/C9H17NO4/c1-6(2)9(13-5-12-3)7-4-8(11)14-10-7/h6-7,9-10H,4-5H2,1-3H3. The summed E-state index contributed by atoms with van der Waals surface area (Å²) >= 11 is 0. The van der Waals surface area contributed by atoms with E-state index in [1.165, 1.54) is 0 Å². The predicted molar refractivity (Wildman–Crippen MR) is 49.2 cm³/mol. The predicted octanol–water partition coefficient (Wildman–Crippen LogP) is 0.452. The molecule has 82 valence electrons. The van der Waals surface area contributed by atoms with Crippen LogP contribution in [-0.2, 0) is 19.1 Å². The minimum Gasteiger partial charge on any atom is -0.370 e. The van der Waals surface area contributed by atoms with Gasteiger partial charge in [0.05, 0.1) is 18.6 Å². The first-order valence-corrected chi connectivity index (χ1v) is 4.71. The maximum atomic E-state index is 10.9. The summed E-state index contributed by atoms with van der Waals surface area (Å²) in [5, 5.41) is 0. The molecule has 2 atom stereocenters. The molecule has 14 heavy (non-hydrogen) atoms. The second-order valence-corrected chi connectivity index (χ2v) is 3.68. The molecule has 0 amide bonds. The van der Waals surface area contributed by atoms with Crippen molar-refractivity contribution in [3.05, 3.63) is 0 Å². The quantitative estimate of drug-likeness (QED) is 0.657. The summed E-state index contributed by atoms with van der Waals surface area (Å²) in [6.07, 6.45) is 0.286. The lowest BCUT2D eigenvalue weighted by Crippen LogP contribution is -2.40. The Balaban J connectivity index is 2.45. The Labute approximate surface area is 83.7 Å². The van der Waals surface area contributed by atoms with Crippen LogP contribution in [0, 0.1) is 5.92 Å². The number of ether oxygens (including phenoxy) is 2. The number of carbonyl (C=O) groups is 1. The van der Waals surface area contributed by atoms with Gasteiger partial charge in [0.25, 0.3) is 0 Å². The number of hydroxylamine groups is 1. The zero-order chi connectivity index (χ0) is 10.6. The second kappa shape index (κ2) is 5.29. The van der Waals surface area contributed by atoms with Gasteiger partial charge < -0.3 is 14.3 Å². The van der Waals surface area contributed by atoms with E-state index in [9.17, 15) is 4.79 Å². The molecule has 5 heteroatoms. The second-order valence-electron chi connectivity index (χ2n) is 3.68. The van der Waals surface area contributed by atoms with E-state index in [1.807, 2.05) is 13.8 Å². The summed E-state index contributed by atoms with van der Waals surface area (Å²) in [5.41, 5.74) is 2.67. The average Bonchev–Trinajstić information content (AvgIpc) is 2.52. The van der Waals surface area contributed by atoms with Crippen molar-refractivity contribution < 1.29 is 19.1 Å². The molecule has 1 rings (SSSR count). The van der Waals surface area contributed by atoms with Crippen molar-refractivity contribution in [1.82, 2.24) is 5.48 Å². The zero-order valence-electron chi connectivity index (χ0n) is 8.78. The molecule has 0 aliphatic carbocycles. The van der Waals surface area contributed by atoms with Crippen LogP contribution in [0.4, 0.5) is 0 Å². The molecule has 1 N–H and O–H groups in total. The Morgan fingerprint density at radius 3 is 2.79 bits per heavy atom. The van der Waals surface area contributed by atoms with E-state index in [4.69, 9.17) is 9.47 Å². The van der Waals surface area contributed by atoms with Gasteiger partial charge >= 0.3 is 5.97 Å². The minimum absolute atomic E-state index is 0.0681. The van der Waals surface area contributed by atoms with Crippen LogP contribution in [0.5, 0.6) is 0 Å². The van der Waals surface area contributed by atoms with Crippen LogP contribution in [0.1, 0.15) is 20.3 Å². The van der Waals surface area contributed by atoms with Gasteiger partial charge in [-0.05, 0) is 5.92 Å². The van der Waals surface area contributed by atoms with E-state index in [0.717, 1.165) is 0 Å². The molecular weight excluding hydrogens is 186 g/mol. The summed E-state index contributed by atoms with van der Waals surface area (Å²) in [7, 11) is 1.57. The van der Waals surface area contributed by atoms with Gasteiger partial charge in [-0.1, -0.05) is 13.8 Å². The first-order chi connectivity index (χ1) is 6.65. The van der Waals surface area contributed by atoms with Gasteiger partial charge in [-0.15, -0.1) is 5.48 Å². The third kappa shape index (κ3) is 2.94. The highest BCUT2D eigenvalue weighted by Gasteiger charge is 2.33. The van der Waals surface area contributed by atoms with Crippen molar-refractivity contribution in [2.24, 2.45) is 5.92 Å². The molecule has 0 aromatic rings. The molecule has 2 unspecified atom stereocenters. The van der Waals surface area contributed by atoms with Crippen molar-refractivity contribution in [1.29, 1.82) is 0 Å². The Morgan fingerprint density at radius 1 is 1.64 bits per heavy atom. The van der Waals surface area contributed by atoms with Crippen molar-refractivity contribution in [2.45, 2.75) is 32.4 Å². The summed E-state index contributed by atoms with van der Waals surface area (Å²) in [6.45, 7) is 4.30. The number of hydrogen-bond donors (Lipinski definition) is 1. The molecule has 0 bridgehead atoms. The fraction of sp³-hybridized carbons (Fsp3) is 0.889. The lowest BCUT2D eigenvalue weighted by Gasteiger charge is -2.24. The van der Waals surface area contributed by atoms with Crippen LogP contribution in [0.2, 0.25) is 0 Å². The van der Waals surface area contributed by atoms with E-state index in [1.54, 1.807) is 7.11 Å². The first kappa shape index (κ1) is 11.4. The Kier molecular flexibility index (Phi) is 4.31. The van der Waals surface area contributed by atoms with E-state index in [0.29, 0.717) is 12.3 Å².